The van der Waals surface area contributed by atoms with Gasteiger partial charge < -0.3 is 5.32 Å². The lowest BCUT2D eigenvalue weighted by Crippen LogP contribution is -2.14. The maximum absolute atomic E-state index is 12.2. The number of benzene rings is 2. The van der Waals surface area contributed by atoms with E-state index in [1.165, 1.54) is 12.1 Å². The highest BCUT2D eigenvalue weighted by Crippen LogP contribution is 2.15. The minimum absolute atomic E-state index is 0.161. The summed E-state index contributed by atoms with van der Waals surface area (Å²) in [6, 6.07) is 19.0. The molecule has 0 spiro atoms. The molecule has 0 aliphatic rings. The maximum Gasteiger partial charge on any atom is 0.263 e. The van der Waals surface area contributed by atoms with E-state index in [1.807, 2.05) is 24.3 Å². The SMILES string of the molecule is O=S(=O)(Nc1ccc(NCCc2cccc(Cl)c2)nn1)c1ccccc1. The molecule has 0 aliphatic carbocycles. The average molecular weight is 389 g/mol. The number of hydrogen-bond acceptors (Lipinski definition) is 5. The average Bonchev–Trinajstić information content (AvgIpc) is 2.64. The molecule has 0 unspecified atom stereocenters. The highest BCUT2D eigenvalue weighted by molar-refractivity contribution is 7.92. The van der Waals surface area contributed by atoms with E-state index >= 15 is 0 Å². The van der Waals surface area contributed by atoms with E-state index in [2.05, 4.69) is 20.2 Å². The molecule has 26 heavy (non-hydrogen) atoms. The normalized spacial score (nSPS) is 11.1. The van der Waals surface area contributed by atoms with Crippen molar-refractivity contribution in [3.8, 4) is 0 Å². The van der Waals surface area contributed by atoms with Gasteiger partial charge >= 0.3 is 0 Å². The van der Waals surface area contributed by atoms with E-state index in [1.54, 1.807) is 30.3 Å². The highest BCUT2D eigenvalue weighted by Gasteiger charge is 2.14. The maximum atomic E-state index is 12.2. The number of rotatable bonds is 7. The first-order valence-corrected chi connectivity index (χ1v) is 9.79. The van der Waals surface area contributed by atoms with Crippen molar-refractivity contribution in [3.63, 3.8) is 0 Å². The Kier molecular flexibility index (Phi) is 5.70. The number of anilines is 2. The molecule has 0 aliphatic heterocycles. The van der Waals surface area contributed by atoms with Crippen LogP contribution in [0, 0.1) is 0 Å². The van der Waals surface area contributed by atoms with E-state index in [-0.39, 0.29) is 10.7 Å². The topological polar surface area (TPSA) is 84.0 Å². The minimum atomic E-state index is -3.67. The molecule has 0 fully saturated rings. The summed E-state index contributed by atoms with van der Waals surface area (Å²) in [6.45, 7) is 0.657. The van der Waals surface area contributed by atoms with Crippen LogP contribution in [0.3, 0.4) is 0 Å². The summed E-state index contributed by atoms with van der Waals surface area (Å²) in [7, 11) is -3.67. The summed E-state index contributed by atoms with van der Waals surface area (Å²) >= 11 is 5.96. The molecule has 1 aromatic heterocycles. The van der Waals surface area contributed by atoms with Gasteiger partial charge in [0.25, 0.3) is 10.0 Å². The van der Waals surface area contributed by atoms with Crippen LogP contribution in [-0.2, 0) is 16.4 Å². The van der Waals surface area contributed by atoms with Crippen molar-refractivity contribution in [1.29, 1.82) is 0 Å². The van der Waals surface area contributed by atoms with Gasteiger partial charge in [0.05, 0.1) is 4.90 Å². The number of nitrogens with one attached hydrogen (secondary N) is 2. The fourth-order valence-corrected chi connectivity index (χ4v) is 3.53. The number of halogens is 1. The molecule has 0 saturated heterocycles. The molecule has 0 amide bonds. The number of hydrogen-bond donors (Lipinski definition) is 2. The molecular weight excluding hydrogens is 372 g/mol. The van der Waals surface area contributed by atoms with Crippen molar-refractivity contribution in [2.24, 2.45) is 0 Å². The van der Waals surface area contributed by atoms with Crippen molar-refractivity contribution in [3.05, 3.63) is 77.3 Å². The quantitative estimate of drug-likeness (QED) is 0.646. The largest absolute Gasteiger partial charge is 0.368 e. The van der Waals surface area contributed by atoms with E-state index in [9.17, 15) is 8.42 Å². The third-order valence-electron chi connectivity index (χ3n) is 3.57. The van der Waals surface area contributed by atoms with Crippen LogP contribution in [0.25, 0.3) is 0 Å². The molecule has 0 radical (unpaired) electrons. The molecule has 0 bridgehead atoms. The second kappa shape index (κ2) is 8.16. The predicted octanol–water partition coefficient (Wildman–Crippen LogP) is 3.59. The van der Waals surface area contributed by atoms with E-state index < -0.39 is 10.0 Å². The second-order valence-electron chi connectivity index (χ2n) is 5.53. The van der Waals surface area contributed by atoms with Gasteiger partial charge in [-0.15, -0.1) is 10.2 Å². The van der Waals surface area contributed by atoms with Crippen LogP contribution in [-0.4, -0.2) is 25.2 Å². The van der Waals surface area contributed by atoms with Crippen LogP contribution >= 0.6 is 11.6 Å². The van der Waals surface area contributed by atoms with Crippen LogP contribution in [0.4, 0.5) is 11.6 Å². The lowest BCUT2D eigenvalue weighted by Gasteiger charge is -2.08. The molecule has 6 nitrogen and oxygen atoms in total. The molecule has 3 rings (SSSR count). The molecule has 134 valence electrons. The highest BCUT2D eigenvalue weighted by atomic mass is 35.5. The van der Waals surface area contributed by atoms with Gasteiger partial charge in [0.15, 0.2) is 5.82 Å². The summed E-state index contributed by atoms with van der Waals surface area (Å²) in [5, 5.41) is 11.7. The lowest BCUT2D eigenvalue weighted by molar-refractivity contribution is 0.601. The van der Waals surface area contributed by atoms with Crippen molar-refractivity contribution < 1.29 is 8.42 Å². The second-order valence-corrected chi connectivity index (χ2v) is 7.65. The Morgan fingerprint density at radius 1 is 0.885 bits per heavy atom. The fourth-order valence-electron chi connectivity index (χ4n) is 2.30. The Hall–Kier alpha value is -2.64. The molecule has 2 aromatic carbocycles. The lowest BCUT2D eigenvalue weighted by atomic mass is 10.1. The molecule has 0 saturated carbocycles. The van der Waals surface area contributed by atoms with E-state index in [0.717, 1.165) is 12.0 Å². The van der Waals surface area contributed by atoms with Gasteiger partial charge in [-0.2, -0.15) is 0 Å². The van der Waals surface area contributed by atoms with Gasteiger partial charge in [-0.3, -0.25) is 4.72 Å². The molecule has 1 heterocycles. The first-order chi connectivity index (χ1) is 12.5. The zero-order chi connectivity index (χ0) is 18.4. The summed E-state index contributed by atoms with van der Waals surface area (Å²) in [6.07, 6.45) is 0.782. The van der Waals surface area contributed by atoms with Crippen molar-refractivity contribution in [2.75, 3.05) is 16.6 Å². The van der Waals surface area contributed by atoms with Crippen LogP contribution in [0.15, 0.2) is 71.6 Å². The Morgan fingerprint density at radius 3 is 2.31 bits per heavy atom. The number of sulfonamides is 1. The third-order valence-corrected chi connectivity index (χ3v) is 5.17. The first kappa shape index (κ1) is 18.2. The van der Waals surface area contributed by atoms with Crippen LogP contribution in [0.1, 0.15) is 5.56 Å². The van der Waals surface area contributed by atoms with Gasteiger partial charge in [-0.25, -0.2) is 8.42 Å². The standard InChI is InChI=1S/C18H17ClN4O2S/c19-15-6-4-5-14(13-15)11-12-20-17-9-10-18(22-21-17)23-26(24,25)16-7-2-1-3-8-16/h1-10,13H,11-12H2,(H,20,21)(H,22,23). The van der Waals surface area contributed by atoms with Gasteiger partial charge in [-0.1, -0.05) is 41.9 Å². The zero-order valence-corrected chi connectivity index (χ0v) is 15.3. The monoisotopic (exact) mass is 388 g/mol. The number of nitrogens with zero attached hydrogens (tertiary/aromatic N) is 2. The molecule has 3 aromatic rings. The van der Waals surface area contributed by atoms with Crippen LogP contribution in [0.5, 0.6) is 0 Å². The van der Waals surface area contributed by atoms with Gasteiger partial charge in [0.2, 0.25) is 0 Å². The van der Waals surface area contributed by atoms with E-state index in [0.29, 0.717) is 17.4 Å². The Balaban J connectivity index is 1.57. The van der Waals surface area contributed by atoms with Crippen molar-refractivity contribution >= 4 is 33.3 Å². The molecule has 2 N–H and O–H groups in total. The molecule has 8 heteroatoms. The van der Waals surface area contributed by atoms with Gasteiger partial charge in [0.1, 0.15) is 5.82 Å². The van der Waals surface area contributed by atoms with Gasteiger partial charge in [0, 0.05) is 11.6 Å². The minimum Gasteiger partial charge on any atom is -0.368 e. The van der Waals surface area contributed by atoms with Crippen molar-refractivity contribution in [2.45, 2.75) is 11.3 Å². The van der Waals surface area contributed by atoms with Gasteiger partial charge in [-0.05, 0) is 48.4 Å². The molecular formula is C18H17ClN4O2S. The Bertz CT molecular complexity index is 964. The van der Waals surface area contributed by atoms with E-state index in [4.69, 9.17) is 11.6 Å². The summed E-state index contributed by atoms with van der Waals surface area (Å²) in [5.41, 5.74) is 1.12. The van der Waals surface area contributed by atoms with Crippen LogP contribution < -0.4 is 10.0 Å². The summed E-state index contributed by atoms with van der Waals surface area (Å²) < 4.78 is 26.9. The Morgan fingerprint density at radius 2 is 1.62 bits per heavy atom. The first-order valence-electron chi connectivity index (χ1n) is 7.93. The zero-order valence-electron chi connectivity index (χ0n) is 13.8. The van der Waals surface area contributed by atoms with Crippen molar-refractivity contribution in [1.82, 2.24) is 10.2 Å². The third kappa shape index (κ3) is 4.93. The summed E-state index contributed by atoms with van der Waals surface area (Å²) in [5.74, 6) is 0.726. The Labute approximate surface area is 157 Å². The van der Waals surface area contributed by atoms with Crippen LogP contribution in [0.2, 0.25) is 5.02 Å². The predicted molar refractivity (Wildman–Crippen MR) is 103 cm³/mol. The smallest absolute Gasteiger partial charge is 0.263 e. The number of aromatic nitrogens is 2. The molecule has 0 atom stereocenters. The fraction of sp³-hybridized carbons (Fsp3) is 0.111. The summed E-state index contributed by atoms with van der Waals surface area (Å²) in [4.78, 5) is 0.172.